The lowest BCUT2D eigenvalue weighted by Gasteiger charge is -2.29. The SMILES string of the molecule is CC[Si](CC)(COc1ccc(F)cc1I)COc1c(C)cc(F)cc1I. The van der Waals surface area contributed by atoms with Crippen molar-refractivity contribution in [2.24, 2.45) is 0 Å². The summed E-state index contributed by atoms with van der Waals surface area (Å²) in [7, 11) is -1.84. The Balaban J connectivity index is 2.11. The zero-order valence-corrected chi connectivity index (χ0v) is 20.4. The average Bonchev–Trinajstić information content (AvgIpc) is 2.58. The van der Waals surface area contributed by atoms with Gasteiger partial charge < -0.3 is 9.47 Å². The molecule has 7 heteroatoms. The molecule has 0 saturated heterocycles. The molecule has 0 fully saturated rings. The van der Waals surface area contributed by atoms with E-state index in [0.717, 1.165) is 30.5 Å². The zero-order chi connectivity index (χ0) is 19.3. The highest BCUT2D eigenvalue weighted by atomic mass is 127. The molecule has 0 unspecified atom stereocenters. The van der Waals surface area contributed by atoms with Crippen molar-refractivity contribution in [1.82, 2.24) is 0 Å². The molecule has 0 N–H and O–H groups in total. The minimum Gasteiger partial charge on any atom is -0.496 e. The summed E-state index contributed by atoms with van der Waals surface area (Å²) in [6.45, 7) is 6.19. The summed E-state index contributed by atoms with van der Waals surface area (Å²) >= 11 is 4.19. The summed E-state index contributed by atoms with van der Waals surface area (Å²) in [6.07, 6.45) is 1.22. The van der Waals surface area contributed by atoms with Crippen LogP contribution in [0.2, 0.25) is 12.1 Å². The third-order valence-corrected chi connectivity index (χ3v) is 10.8. The van der Waals surface area contributed by atoms with Gasteiger partial charge in [-0.15, -0.1) is 0 Å². The van der Waals surface area contributed by atoms with E-state index in [9.17, 15) is 8.78 Å². The fourth-order valence-electron chi connectivity index (χ4n) is 2.62. The van der Waals surface area contributed by atoms with Gasteiger partial charge in [-0.1, -0.05) is 25.9 Å². The predicted molar refractivity (Wildman–Crippen MR) is 121 cm³/mol. The molecule has 0 heterocycles. The van der Waals surface area contributed by atoms with Crippen molar-refractivity contribution in [3.8, 4) is 11.5 Å². The molecule has 0 aliphatic rings. The second kappa shape index (κ2) is 9.68. The molecule has 2 aromatic carbocycles. The van der Waals surface area contributed by atoms with E-state index >= 15 is 0 Å². The predicted octanol–water partition coefficient (Wildman–Crippen LogP) is 6.51. The molecule has 0 aromatic heterocycles. The summed E-state index contributed by atoms with van der Waals surface area (Å²) in [4.78, 5) is 0. The van der Waals surface area contributed by atoms with Gasteiger partial charge in [0.1, 0.15) is 31.2 Å². The first-order valence-corrected chi connectivity index (χ1v) is 13.4. The van der Waals surface area contributed by atoms with E-state index in [1.807, 2.05) is 6.92 Å². The molecule has 2 rings (SSSR count). The molecular weight excluding hydrogens is 580 g/mol. The third-order valence-electron chi connectivity index (χ3n) is 4.64. The molecule has 26 heavy (non-hydrogen) atoms. The number of ether oxygens (including phenoxy) is 2. The number of benzene rings is 2. The van der Waals surface area contributed by atoms with Crippen LogP contribution in [-0.2, 0) is 0 Å². The van der Waals surface area contributed by atoms with E-state index in [2.05, 4.69) is 59.0 Å². The number of hydrogen-bond acceptors (Lipinski definition) is 2. The molecule has 142 valence electrons. The van der Waals surface area contributed by atoms with Crippen molar-refractivity contribution in [2.75, 3.05) is 12.5 Å². The maximum Gasteiger partial charge on any atom is 0.141 e. The highest BCUT2D eigenvalue weighted by Gasteiger charge is 2.32. The van der Waals surface area contributed by atoms with Gasteiger partial charge in [0.25, 0.3) is 0 Å². The number of hydrogen-bond donors (Lipinski definition) is 0. The molecule has 0 spiro atoms. The van der Waals surface area contributed by atoms with Gasteiger partial charge in [-0.3, -0.25) is 0 Å². The van der Waals surface area contributed by atoms with Crippen molar-refractivity contribution in [3.63, 3.8) is 0 Å². The topological polar surface area (TPSA) is 18.5 Å². The lowest BCUT2D eigenvalue weighted by atomic mass is 10.2. The Morgan fingerprint density at radius 3 is 2.08 bits per heavy atom. The van der Waals surface area contributed by atoms with E-state index in [0.29, 0.717) is 18.2 Å². The normalized spacial score (nSPS) is 11.5. The molecular formula is C19H22F2I2O2Si. The van der Waals surface area contributed by atoms with E-state index in [-0.39, 0.29) is 11.6 Å². The molecule has 0 aliphatic heterocycles. The van der Waals surface area contributed by atoms with Crippen LogP contribution >= 0.6 is 45.2 Å². The van der Waals surface area contributed by atoms with Crippen molar-refractivity contribution in [2.45, 2.75) is 32.9 Å². The third kappa shape index (κ3) is 5.54. The lowest BCUT2D eigenvalue weighted by Crippen LogP contribution is -2.47. The van der Waals surface area contributed by atoms with Crippen LogP contribution < -0.4 is 9.47 Å². The van der Waals surface area contributed by atoms with Gasteiger partial charge in [0.05, 0.1) is 19.6 Å². The van der Waals surface area contributed by atoms with Gasteiger partial charge in [0, 0.05) is 0 Å². The van der Waals surface area contributed by atoms with Crippen molar-refractivity contribution >= 4 is 53.3 Å². The maximum absolute atomic E-state index is 13.5. The summed E-state index contributed by atoms with van der Waals surface area (Å²) < 4.78 is 40.5. The maximum atomic E-state index is 13.5. The summed E-state index contributed by atoms with van der Waals surface area (Å²) in [5.74, 6) is 0.948. The number of halogens is 4. The second-order valence-corrected chi connectivity index (χ2v) is 13.7. The molecule has 2 nitrogen and oxygen atoms in total. The summed E-state index contributed by atoms with van der Waals surface area (Å²) in [6, 6.07) is 9.57. The van der Waals surface area contributed by atoms with E-state index in [1.165, 1.54) is 24.3 Å². The standard InChI is InChI=1S/C19H22F2I2O2Si/c1-4-26(5-2,11-24-18-7-6-14(20)9-16(18)22)12-25-19-13(3)8-15(21)10-17(19)23/h6-10H,4-5,11-12H2,1-3H3. The largest absolute Gasteiger partial charge is 0.496 e. The lowest BCUT2D eigenvalue weighted by molar-refractivity contribution is 0.336. The Labute approximate surface area is 182 Å². The first-order chi connectivity index (χ1) is 12.3. The van der Waals surface area contributed by atoms with Crippen molar-refractivity contribution in [1.29, 1.82) is 0 Å². The Morgan fingerprint density at radius 1 is 0.885 bits per heavy atom. The Bertz CT molecular complexity index is 744. The van der Waals surface area contributed by atoms with Gasteiger partial charge in [0.2, 0.25) is 0 Å². The minimum atomic E-state index is -1.84. The van der Waals surface area contributed by atoms with Crippen LogP contribution in [0.15, 0.2) is 30.3 Å². The Kier molecular flexibility index (Phi) is 8.14. The fraction of sp³-hybridized carbons (Fsp3) is 0.368. The van der Waals surface area contributed by atoms with Crippen LogP contribution in [0, 0.1) is 25.7 Å². The molecule has 0 saturated carbocycles. The van der Waals surface area contributed by atoms with Gasteiger partial charge in [0.15, 0.2) is 0 Å². The number of aryl methyl sites for hydroxylation is 1. The van der Waals surface area contributed by atoms with E-state index in [1.54, 1.807) is 6.07 Å². The number of rotatable bonds is 8. The monoisotopic (exact) mass is 602 g/mol. The molecule has 0 atom stereocenters. The molecule has 0 bridgehead atoms. The fourth-order valence-corrected chi connectivity index (χ4v) is 6.44. The molecule has 0 amide bonds. The Morgan fingerprint density at radius 2 is 1.50 bits per heavy atom. The first-order valence-electron chi connectivity index (χ1n) is 8.46. The highest BCUT2D eigenvalue weighted by Crippen LogP contribution is 2.29. The van der Waals surface area contributed by atoms with Crippen molar-refractivity contribution < 1.29 is 18.3 Å². The van der Waals surface area contributed by atoms with Gasteiger partial charge in [-0.25, -0.2) is 8.78 Å². The molecule has 0 aliphatic carbocycles. The molecule has 0 radical (unpaired) electrons. The van der Waals surface area contributed by atoms with Crippen LogP contribution in [0.3, 0.4) is 0 Å². The first kappa shape index (κ1) is 21.9. The quantitative estimate of drug-likeness (QED) is 0.254. The van der Waals surface area contributed by atoms with Crippen molar-refractivity contribution in [3.05, 3.63) is 54.7 Å². The molecule has 2 aromatic rings. The summed E-state index contributed by atoms with van der Waals surface area (Å²) in [5, 5.41) is 0. The van der Waals surface area contributed by atoms with Gasteiger partial charge in [-0.2, -0.15) is 0 Å². The zero-order valence-electron chi connectivity index (χ0n) is 15.0. The van der Waals surface area contributed by atoms with Crippen LogP contribution in [0.4, 0.5) is 8.78 Å². The van der Waals surface area contributed by atoms with E-state index in [4.69, 9.17) is 9.47 Å². The van der Waals surface area contributed by atoms with Gasteiger partial charge in [-0.05, 0) is 88.0 Å². The highest BCUT2D eigenvalue weighted by molar-refractivity contribution is 14.1. The Hall–Kier alpha value is -0.423. The smallest absolute Gasteiger partial charge is 0.141 e. The van der Waals surface area contributed by atoms with Crippen LogP contribution in [0.25, 0.3) is 0 Å². The second-order valence-electron chi connectivity index (χ2n) is 6.39. The van der Waals surface area contributed by atoms with Gasteiger partial charge >= 0.3 is 0 Å². The van der Waals surface area contributed by atoms with Crippen LogP contribution in [0.1, 0.15) is 19.4 Å². The summed E-state index contributed by atoms with van der Waals surface area (Å²) in [5.41, 5.74) is 0.804. The minimum absolute atomic E-state index is 0.247. The van der Waals surface area contributed by atoms with E-state index < -0.39 is 8.07 Å². The van der Waals surface area contributed by atoms with Crippen LogP contribution in [-0.4, -0.2) is 20.5 Å². The van der Waals surface area contributed by atoms with Crippen LogP contribution in [0.5, 0.6) is 11.5 Å². The average molecular weight is 602 g/mol.